The number of aryl methyl sites for hydroxylation is 1. The quantitative estimate of drug-likeness (QED) is 0.557. The fourth-order valence-electron chi connectivity index (χ4n) is 3.52. The number of aromatic nitrogens is 3. The van der Waals surface area contributed by atoms with Crippen molar-refractivity contribution in [3.63, 3.8) is 0 Å². The molecule has 0 bridgehead atoms. The Labute approximate surface area is 193 Å². The zero-order chi connectivity index (χ0) is 23.4. The summed E-state index contributed by atoms with van der Waals surface area (Å²) in [5.41, 5.74) is 1.08. The molecule has 1 aliphatic rings. The molecule has 1 aliphatic heterocycles. The van der Waals surface area contributed by atoms with Crippen LogP contribution in [0.25, 0.3) is 0 Å². The maximum Gasteiger partial charge on any atom is 0.246 e. The first-order valence-electron chi connectivity index (χ1n) is 10.4. The molecule has 1 N–H and O–H groups in total. The van der Waals surface area contributed by atoms with Gasteiger partial charge in [-0.1, -0.05) is 6.07 Å². The third kappa shape index (κ3) is 4.99. The monoisotopic (exact) mass is 470 g/mol. The van der Waals surface area contributed by atoms with Crippen molar-refractivity contribution in [1.82, 2.24) is 19.5 Å². The minimum atomic E-state index is -3.71. The number of hydrogen-bond acceptors (Lipinski definition) is 9. The van der Waals surface area contributed by atoms with Crippen LogP contribution in [0.2, 0.25) is 0 Å². The Morgan fingerprint density at radius 3 is 2.27 bits per heavy atom. The summed E-state index contributed by atoms with van der Waals surface area (Å²) < 4.78 is 38.3. The Morgan fingerprint density at radius 2 is 1.67 bits per heavy atom. The Balaban J connectivity index is 1.41. The highest BCUT2D eigenvalue weighted by Gasteiger charge is 2.31. The Kier molecular flexibility index (Phi) is 6.61. The van der Waals surface area contributed by atoms with E-state index in [0.29, 0.717) is 49.4 Å². The molecule has 0 aliphatic carbocycles. The van der Waals surface area contributed by atoms with E-state index in [1.807, 2.05) is 36.1 Å². The third-order valence-electron chi connectivity index (χ3n) is 5.37. The van der Waals surface area contributed by atoms with Crippen molar-refractivity contribution in [1.29, 1.82) is 0 Å². The van der Waals surface area contributed by atoms with E-state index in [1.54, 1.807) is 18.3 Å². The van der Waals surface area contributed by atoms with Crippen LogP contribution in [0.1, 0.15) is 5.56 Å². The topological polar surface area (TPSA) is 110 Å². The Morgan fingerprint density at radius 1 is 0.909 bits per heavy atom. The van der Waals surface area contributed by atoms with Crippen molar-refractivity contribution in [3.05, 3.63) is 54.2 Å². The summed E-state index contributed by atoms with van der Waals surface area (Å²) >= 11 is 0. The molecule has 10 nitrogen and oxygen atoms in total. The van der Waals surface area contributed by atoms with E-state index in [9.17, 15) is 8.42 Å². The van der Waals surface area contributed by atoms with Gasteiger partial charge >= 0.3 is 0 Å². The van der Waals surface area contributed by atoms with Crippen LogP contribution < -0.4 is 19.7 Å². The molecule has 11 heteroatoms. The summed E-state index contributed by atoms with van der Waals surface area (Å²) in [6.07, 6.45) is 1.78. The van der Waals surface area contributed by atoms with Crippen molar-refractivity contribution in [2.75, 3.05) is 50.6 Å². The predicted octanol–water partition coefficient (Wildman–Crippen LogP) is 2.45. The second-order valence-corrected chi connectivity index (χ2v) is 9.44. The molecule has 3 aromatic rings. The lowest BCUT2D eigenvalue weighted by Gasteiger charge is -2.34. The lowest BCUT2D eigenvalue weighted by molar-refractivity contribution is 0.369. The first-order chi connectivity index (χ1) is 15.9. The number of nitrogens with one attached hydrogen (secondary N) is 1. The maximum absolute atomic E-state index is 13.2. The van der Waals surface area contributed by atoms with Gasteiger partial charge in [-0.05, 0) is 42.8 Å². The van der Waals surface area contributed by atoms with Crippen LogP contribution in [0, 0.1) is 6.92 Å². The van der Waals surface area contributed by atoms with Crippen molar-refractivity contribution in [3.8, 4) is 11.5 Å². The first-order valence-corrected chi connectivity index (χ1v) is 11.9. The van der Waals surface area contributed by atoms with E-state index < -0.39 is 10.0 Å². The van der Waals surface area contributed by atoms with Gasteiger partial charge in [-0.15, -0.1) is 10.2 Å². The zero-order valence-electron chi connectivity index (χ0n) is 18.7. The van der Waals surface area contributed by atoms with Crippen molar-refractivity contribution < 1.29 is 17.9 Å². The molecule has 3 heterocycles. The van der Waals surface area contributed by atoms with E-state index in [1.165, 1.54) is 24.6 Å². The number of pyridine rings is 1. The van der Waals surface area contributed by atoms with Gasteiger partial charge in [0, 0.05) is 38.4 Å². The molecule has 0 radical (unpaired) electrons. The molecule has 1 fully saturated rings. The van der Waals surface area contributed by atoms with Crippen LogP contribution in [-0.4, -0.2) is 68.3 Å². The predicted molar refractivity (Wildman–Crippen MR) is 125 cm³/mol. The van der Waals surface area contributed by atoms with Crippen LogP contribution in [0.3, 0.4) is 0 Å². The molecule has 0 atom stereocenters. The minimum absolute atomic E-state index is 0.124. The van der Waals surface area contributed by atoms with Crippen LogP contribution in [0.15, 0.2) is 53.6 Å². The number of rotatable bonds is 7. The number of sulfonamides is 1. The summed E-state index contributed by atoms with van der Waals surface area (Å²) in [7, 11) is -0.744. The van der Waals surface area contributed by atoms with Gasteiger partial charge in [-0.3, -0.25) is 0 Å². The number of nitrogens with zero attached hydrogens (tertiary/aromatic N) is 5. The normalized spacial score (nSPS) is 14.7. The number of anilines is 3. The highest BCUT2D eigenvalue weighted by atomic mass is 32.2. The van der Waals surface area contributed by atoms with Gasteiger partial charge in [-0.2, -0.15) is 4.31 Å². The smallest absolute Gasteiger partial charge is 0.246 e. The lowest BCUT2D eigenvalue weighted by atomic mass is 10.3. The second-order valence-electron chi connectivity index (χ2n) is 7.53. The molecule has 174 valence electrons. The lowest BCUT2D eigenvalue weighted by Crippen LogP contribution is -2.49. The summed E-state index contributed by atoms with van der Waals surface area (Å²) in [6.45, 7) is 3.63. The van der Waals surface area contributed by atoms with E-state index in [2.05, 4.69) is 20.5 Å². The van der Waals surface area contributed by atoms with Gasteiger partial charge in [0.25, 0.3) is 0 Å². The number of hydrogen-bond donors (Lipinski definition) is 1. The van der Waals surface area contributed by atoms with Gasteiger partial charge in [0.2, 0.25) is 10.0 Å². The van der Waals surface area contributed by atoms with Gasteiger partial charge < -0.3 is 19.7 Å². The van der Waals surface area contributed by atoms with E-state index in [0.717, 1.165) is 5.56 Å². The standard InChI is InChI=1S/C22H26N6O4S/c1-16-4-7-20(23-15-16)24-21-8-9-22(26-25-21)27-10-12-28(13-11-27)33(29,30)19-6-5-17(31-2)14-18(19)32-3/h4-9,14-15H,10-13H2,1-3H3,(H,23,24,25). The van der Waals surface area contributed by atoms with Crippen LogP contribution in [0.4, 0.5) is 17.5 Å². The van der Waals surface area contributed by atoms with E-state index in [4.69, 9.17) is 9.47 Å². The summed E-state index contributed by atoms with van der Waals surface area (Å²) in [5.74, 6) is 2.76. The molecule has 4 rings (SSSR count). The largest absolute Gasteiger partial charge is 0.497 e. The summed E-state index contributed by atoms with van der Waals surface area (Å²) in [6, 6.07) is 12.2. The van der Waals surface area contributed by atoms with Gasteiger partial charge in [0.05, 0.1) is 14.2 Å². The van der Waals surface area contributed by atoms with Gasteiger partial charge in [0.15, 0.2) is 11.6 Å². The molecule has 0 unspecified atom stereocenters. The Hall–Kier alpha value is -3.44. The van der Waals surface area contributed by atoms with Crippen molar-refractivity contribution in [2.45, 2.75) is 11.8 Å². The molecular formula is C22H26N6O4S. The Bertz CT molecular complexity index is 1190. The highest BCUT2D eigenvalue weighted by molar-refractivity contribution is 7.89. The number of piperazine rings is 1. The second kappa shape index (κ2) is 9.59. The molecule has 1 saturated heterocycles. The first kappa shape index (κ1) is 22.7. The number of methoxy groups -OCH3 is 2. The summed E-state index contributed by atoms with van der Waals surface area (Å²) in [4.78, 5) is 6.43. The average Bonchev–Trinajstić information content (AvgIpc) is 2.85. The third-order valence-corrected chi connectivity index (χ3v) is 7.31. The molecule has 2 aromatic heterocycles. The molecule has 0 amide bonds. The summed E-state index contributed by atoms with van der Waals surface area (Å²) in [5, 5.41) is 11.6. The molecule has 33 heavy (non-hydrogen) atoms. The fraction of sp³-hybridized carbons (Fsp3) is 0.318. The van der Waals surface area contributed by atoms with Crippen molar-refractivity contribution >= 4 is 27.5 Å². The zero-order valence-corrected chi connectivity index (χ0v) is 19.5. The van der Waals surface area contributed by atoms with Gasteiger partial charge in [0.1, 0.15) is 22.2 Å². The van der Waals surface area contributed by atoms with Gasteiger partial charge in [-0.25, -0.2) is 13.4 Å². The molecule has 1 aromatic carbocycles. The average molecular weight is 471 g/mol. The van der Waals surface area contributed by atoms with Crippen LogP contribution in [0.5, 0.6) is 11.5 Å². The van der Waals surface area contributed by atoms with Crippen LogP contribution in [-0.2, 0) is 10.0 Å². The number of ether oxygens (including phenoxy) is 2. The number of benzene rings is 1. The van der Waals surface area contributed by atoms with Crippen LogP contribution >= 0.6 is 0 Å². The molecule has 0 saturated carbocycles. The SMILES string of the molecule is COc1ccc(S(=O)(=O)N2CCN(c3ccc(Nc4ccc(C)cn4)nn3)CC2)c(OC)c1. The van der Waals surface area contributed by atoms with Crippen molar-refractivity contribution in [2.24, 2.45) is 0 Å². The highest BCUT2D eigenvalue weighted by Crippen LogP contribution is 2.31. The fourth-order valence-corrected chi connectivity index (χ4v) is 5.08. The minimum Gasteiger partial charge on any atom is -0.497 e. The molecule has 0 spiro atoms. The molecular weight excluding hydrogens is 444 g/mol. The maximum atomic E-state index is 13.2. The van der Waals surface area contributed by atoms with E-state index >= 15 is 0 Å². The van der Waals surface area contributed by atoms with E-state index in [-0.39, 0.29) is 10.6 Å².